The van der Waals surface area contributed by atoms with Gasteiger partial charge in [-0.3, -0.25) is 9.59 Å². The van der Waals surface area contributed by atoms with Crippen LogP contribution in [-0.4, -0.2) is 38.9 Å². The molecule has 132 valence electrons. The van der Waals surface area contributed by atoms with Gasteiger partial charge in [-0.1, -0.05) is 12.1 Å². The van der Waals surface area contributed by atoms with E-state index in [1.807, 2.05) is 25.3 Å². The lowest BCUT2D eigenvalue weighted by atomic mass is 10.1. The van der Waals surface area contributed by atoms with Crippen molar-refractivity contribution in [1.29, 1.82) is 0 Å². The summed E-state index contributed by atoms with van der Waals surface area (Å²) in [7, 11) is 0. The number of carbonyl (C=O) groups excluding carboxylic acids is 2. The van der Waals surface area contributed by atoms with Crippen molar-refractivity contribution in [2.75, 3.05) is 11.1 Å². The fourth-order valence-corrected chi connectivity index (χ4v) is 4.69. The molecule has 0 bridgehead atoms. The monoisotopic (exact) mass is 375 g/mol. The number of thioether (sulfide) groups is 1. The SMILES string of the molecule is Cc1ccc(-c2csc(NC(=O)C3CSC(C)(C)N3C=O)n2)cc1C. The molecule has 3 rings (SSSR count). The molecule has 0 spiro atoms. The topological polar surface area (TPSA) is 62.3 Å². The Balaban J connectivity index is 1.74. The van der Waals surface area contributed by atoms with E-state index in [4.69, 9.17) is 0 Å². The lowest BCUT2D eigenvalue weighted by Crippen LogP contribution is -2.47. The lowest BCUT2D eigenvalue weighted by molar-refractivity contribution is -0.130. The summed E-state index contributed by atoms with van der Waals surface area (Å²) in [5, 5.41) is 5.35. The maximum atomic E-state index is 12.6. The Bertz CT molecular complexity index is 816. The minimum atomic E-state index is -0.466. The van der Waals surface area contributed by atoms with Gasteiger partial charge in [-0.25, -0.2) is 4.98 Å². The molecule has 1 atom stereocenters. The molecule has 0 saturated carbocycles. The molecule has 1 aromatic heterocycles. The Hall–Kier alpha value is -1.86. The van der Waals surface area contributed by atoms with Crippen molar-refractivity contribution in [2.45, 2.75) is 38.6 Å². The van der Waals surface area contributed by atoms with Crippen molar-refractivity contribution < 1.29 is 9.59 Å². The van der Waals surface area contributed by atoms with Gasteiger partial charge in [0.1, 0.15) is 6.04 Å². The zero-order chi connectivity index (χ0) is 18.2. The van der Waals surface area contributed by atoms with Crippen LogP contribution in [0.15, 0.2) is 23.6 Å². The maximum absolute atomic E-state index is 12.6. The first-order valence-electron chi connectivity index (χ1n) is 8.03. The second kappa shape index (κ2) is 6.80. The number of anilines is 1. The molecular formula is C18H21N3O2S2. The van der Waals surface area contributed by atoms with Crippen molar-refractivity contribution in [3.63, 3.8) is 0 Å². The van der Waals surface area contributed by atoms with Gasteiger partial charge in [-0.2, -0.15) is 0 Å². The smallest absolute Gasteiger partial charge is 0.249 e. The van der Waals surface area contributed by atoms with Crippen LogP contribution in [0.3, 0.4) is 0 Å². The average Bonchev–Trinajstić information content (AvgIpc) is 3.13. The van der Waals surface area contributed by atoms with Gasteiger partial charge in [0.2, 0.25) is 12.3 Å². The van der Waals surface area contributed by atoms with Gasteiger partial charge in [0.05, 0.1) is 10.6 Å². The third kappa shape index (κ3) is 3.57. The second-order valence-corrected chi connectivity index (χ2v) is 9.09. The number of aromatic nitrogens is 1. The molecule has 2 heterocycles. The molecule has 1 aliphatic rings. The zero-order valence-electron chi connectivity index (χ0n) is 14.7. The molecule has 1 aromatic carbocycles. The summed E-state index contributed by atoms with van der Waals surface area (Å²) >= 11 is 2.99. The lowest BCUT2D eigenvalue weighted by Gasteiger charge is -2.29. The van der Waals surface area contributed by atoms with Crippen molar-refractivity contribution in [3.05, 3.63) is 34.7 Å². The van der Waals surface area contributed by atoms with E-state index >= 15 is 0 Å². The average molecular weight is 376 g/mol. The van der Waals surface area contributed by atoms with Crippen LogP contribution in [-0.2, 0) is 9.59 Å². The summed E-state index contributed by atoms with van der Waals surface area (Å²) in [5.74, 6) is 0.402. The summed E-state index contributed by atoms with van der Waals surface area (Å²) in [5.41, 5.74) is 4.33. The Morgan fingerprint density at radius 2 is 2.12 bits per heavy atom. The highest BCUT2D eigenvalue weighted by Crippen LogP contribution is 2.38. The number of nitrogens with zero attached hydrogens (tertiary/aromatic N) is 2. The molecule has 1 fully saturated rings. The van der Waals surface area contributed by atoms with Crippen molar-refractivity contribution in [2.24, 2.45) is 0 Å². The number of hydrogen-bond donors (Lipinski definition) is 1. The first-order valence-corrected chi connectivity index (χ1v) is 9.90. The molecule has 7 heteroatoms. The quantitative estimate of drug-likeness (QED) is 0.828. The highest BCUT2D eigenvalue weighted by Gasteiger charge is 2.43. The van der Waals surface area contributed by atoms with Crippen molar-refractivity contribution in [1.82, 2.24) is 9.88 Å². The fraction of sp³-hybridized carbons (Fsp3) is 0.389. The Labute approximate surface area is 155 Å². The first kappa shape index (κ1) is 17.9. The third-order valence-electron chi connectivity index (χ3n) is 4.51. The molecule has 2 aromatic rings. The van der Waals surface area contributed by atoms with Gasteiger partial charge in [-0.05, 0) is 44.9 Å². The number of aryl methyl sites for hydroxylation is 2. The van der Waals surface area contributed by atoms with E-state index in [1.165, 1.54) is 22.5 Å². The number of thiazole rings is 1. The number of rotatable bonds is 4. The van der Waals surface area contributed by atoms with E-state index in [-0.39, 0.29) is 10.8 Å². The molecule has 1 aliphatic heterocycles. The Morgan fingerprint density at radius 1 is 1.36 bits per heavy atom. The van der Waals surface area contributed by atoms with Gasteiger partial charge < -0.3 is 10.2 Å². The van der Waals surface area contributed by atoms with Crippen LogP contribution < -0.4 is 5.32 Å². The van der Waals surface area contributed by atoms with Crippen molar-refractivity contribution in [3.8, 4) is 11.3 Å². The molecule has 25 heavy (non-hydrogen) atoms. The third-order valence-corrected chi connectivity index (χ3v) is 6.66. The standard InChI is InChI=1S/C18H21N3O2S2/c1-11-5-6-13(7-12(11)2)14-8-24-17(19-14)20-16(23)15-9-25-18(3,4)21(15)10-22/h5-8,10,15H,9H2,1-4H3,(H,19,20,23). The minimum Gasteiger partial charge on any atom is -0.318 e. The second-order valence-electron chi connectivity index (χ2n) is 6.61. The summed E-state index contributed by atoms with van der Waals surface area (Å²) < 4.78 is 0. The Morgan fingerprint density at radius 3 is 2.80 bits per heavy atom. The molecule has 1 saturated heterocycles. The minimum absolute atomic E-state index is 0.189. The van der Waals surface area contributed by atoms with Crippen molar-refractivity contribution >= 4 is 40.5 Å². The van der Waals surface area contributed by atoms with Crippen LogP contribution >= 0.6 is 23.1 Å². The summed E-state index contributed by atoms with van der Waals surface area (Å²) in [6.07, 6.45) is 0.757. The number of amides is 2. The van der Waals surface area contributed by atoms with Crippen LogP contribution in [0.25, 0.3) is 11.3 Å². The summed E-state index contributed by atoms with van der Waals surface area (Å²) in [6.45, 7) is 8.04. The number of benzene rings is 1. The number of nitrogens with one attached hydrogen (secondary N) is 1. The maximum Gasteiger partial charge on any atom is 0.249 e. The highest BCUT2D eigenvalue weighted by atomic mass is 32.2. The predicted octanol–water partition coefficient (Wildman–Crippen LogP) is 3.68. The van der Waals surface area contributed by atoms with E-state index in [0.717, 1.165) is 17.7 Å². The van der Waals surface area contributed by atoms with Gasteiger partial charge in [0.15, 0.2) is 5.13 Å². The van der Waals surface area contributed by atoms with E-state index in [0.29, 0.717) is 10.9 Å². The molecule has 2 amide bonds. The number of hydrogen-bond acceptors (Lipinski definition) is 5. The normalized spacial score (nSPS) is 19.0. The molecule has 0 aliphatic carbocycles. The fourth-order valence-electron chi connectivity index (χ4n) is 2.77. The Kier molecular flexibility index (Phi) is 4.88. The molecule has 1 unspecified atom stereocenters. The van der Waals surface area contributed by atoms with Crippen LogP contribution in [0.5, 0.6) is 0 Å². The van der Waals surface area contributed by atoms with Gasteiger partial charge in [0.25, 0.3) is 0 Å². The van der Waals surface area contributed by atoms with E-state index in [2.05, 4.69) is 36.3 Å². The van der Waals surface area contributed by atoms with Gasteiger partial charge in [-0.15, -0.1) is 23.1 Å². The van der Waals surface area contributed by atoms with Crippen LogP contribution in [0.1, 0.15) is 25.0 Å². The van der Waals surface area contributed by atoms with E-state index < -0.39 is 6.04 Å². The molecule has 1 N–H and O–H groups in total. The first-order chi connectivity index (χ1) is 11.8. The largest absolute Gasteiger partial charge is 0.318 e. The van der Waals surface area contributed by atoms with Crippen LogP contribution in [0.4, 0.5) is 5.13 Å². The van der Waals surface area contributed by atoms with E-state index in [9.17, 15) is 9.59 Å². The molecule has 0 radical (unpaired) electrons. The van der Waals surface area contributed by atoms with Crippen LogP contribution in [0, 0.1) is 13.8 Å². The van der Waals surface area contributed by atoms with Gasteiger partial charge >= 0.3 is 0 Å². The summed E-state index contributed by atoms with van der Waals surface area (Å²) in [4.78, 5) is 29.6. The molecule has 5 nitrogen and oxygen atoms in total. The predicted molar refractivity (Wildman–Crippen MR) is 104 cm³/mol. The molecular weight excluding hydrogens is 354 g/mol. The van der Waals surface area contributed by atoms with Crippen LogP contribution in [0.2, 0.25) is 0 Å². The van der Waals surface area contributed by atoms with E-state index in [1.54, 1.807) is 16.7 Å². The summed E-state index contributed by atoms with van der Waals surface area (Å²) in [6, 6.07) is 5.74. The number of carbonyl (C=O) groups is 2. The zero-order valence-corrected chi connectivity index (χ0v) is 16.3. The van der Waals surface area contributed by atoms with Gasteiger partial charge in [0, 0.05) is 16.7 Å². The highest BCUT2D eigenvalue weighted by molar-refractivity contribution is 8.00.